The van der Waals surface area contributed by atoms with Gasteiger partial charge < -0.3 is 38.7 Å². The van der Waals surface area contributed by atoms with Crippen LogP contribution in [0.15, 0.2) is 47.7 Å². The molecule has 0 radical (unpaired) electrons. The van der Waals surface area contributed by atoms with Crippen LogP contribution in [0.25, 0.3) is 0 Å². The third-order valence-electron chi connectivity index (χ3n) is 14.1. The number of aliphatic hydroxyl groups is 2. The fourth-order valence-corrected chi connectivity index (χ4v) is 10.7. The highest BCUT2D eigenvalue weighted by atomic mass is 16.8. The molecule has 7 unspecified atom stereocenters. The van der Waals surface area contributed by atoms with E-state index in [1.54, 1.807) is 6.08 Å². The van der Waals surface area contributed by atoms with E-state index >= 15 is 0 Å². The molecule has 1 aromatic rings. The van der Waals surface area contributed by atoms with Crippen LogP contribution in [0.2, 0.25) is 0 Å². The maximum atomic E-state index is 14.6. The summed E-state index contributed by atoms with van der Waals surface area (Å²) in [5.74, 6) is -0.0351. The third-order valence-corrected chi connectivity index (χ3v) is 14.1. The topological polar surface area (TPSA) is 132 Å². The lowest BCUT2D eigenvalue weighted by molar-refractivity contribution is -0.255. The number of fused-ring (bicyclic) bond motifs is 2. The molecule has 2 aliphatic carbocycles. The van der Waals surface area contributed by atoms with Gasteiger partial charge in [0.1, 0.15) is 24.1 Å². The molecule has 2 N–H and O–H groups in total. The van der Waals surface area contributed by atoms with E-state index in [0.717, 1.165) is 119 Å². The molecule has 5 aliphatic rings. The summed E-state index contributed by atoms with van der Waals surface area (Å²) in [6.07, 6.45) is 24.1. The standard InChI is InChI=1S/C52H83N3O9/c1-4-7-8-9-10-11-12-13-14-20-35-61-51(58)55(27-5-2)47-39-45(53-64-48-24-17-21-34-60-48)43-37-40(22-15-18-31-56)42(23-16-19-32-57)49-44-38-41(59-36-30-54-28-29-54)25-26-46(44)63-52(47,50(43)49)62-33-6-3/h6,25-26,37-38,40,42,47-50,56-57H,3-5,7-24,27-36,39H2,1-2H3. The van der Waals surface area contributed by atoms with E-state index in [2.05, 4.69) is 37.5 Å². The predicted octanol–water partition coefficient (Wildman–Crippen LogP) is 10.3. The molecule has 3 fully saturated rings. The maximum absolute atomic E-state index is 14.6. The normalized spacial score (nSPS) is 26.6. The lowest BCUT2D eigenvalue weighted by atomic mass is 9.55. The minimum Gasteiger partial charge on any atom is -0.492 e. The SMILES string of the molecule is C=CCOC12Oc3ccc(OCCN4CC4)cc3C3C(CCCCO)C(CCCCO)C=C(C(=NOC4CCCCO4)CC1N(CCC)C(=O)OCCCCCCCCCCCC)C32. The van der Waals surface area contributed by atoms with Gasteiger partial charge in [0.2, 0.25) is 12.1 Å². The molecule has 3 aliphatic heterocycles. The predicted molar refractivity (Wildman–Crippen MR) is 252 cm³/mol. The molecule has 0 spiro atoms. The summed E-state index contributed by atoms with van der Waals surface area (Å²) in [6, 6.07) is 5.57. The van der Waals surface area contributed by atoms with Gasteiger partial charge in [-0.1, -0.05) is 102 Å². The first kappa shape index (κ1) is 50.3. The van der Waals surface area contributed by atoms with E-state index in [1.165, 1.54) is 44.9 Å². The van der Waals surface area contributed by atoms with E-state index in [1.807, 2.05) is 17.0 Å². The number of carbonyl (C=O) groups excluding carboxylic acids is 1. The summed E-state index contributed by atoms with van der Waals surface area (Å²) in [6.45, 7) is 14.1. The van der Waals surface area contributed by atoms with Gasteiger partial charge in [-0.2, -0.15) is 0 Å². The summed E-state index contributed by atoms with van der Waals surface area (Å²) in [4.78, 5) is 25.1. The van der Waals surface area contributed by atoms with Gasteiger partial charge in [0, 0.05) is 63.7 Å². The van der Waals surface area contributed by atoms with E-state index in [9.17, 15) is 15.0 Å². The molecule has 7 atom stereocenters. The third kappa shape index (κ3) is 13.7. The highest BCUT2D eigenvalue weighted by Crippen LogP contribution is 2.62. The van der Waals surface area contributed by atoms with Crippen LogP contribution in [0.5, 0.6) is 11.5 Å². The number of hydrogen-bond donors (Lipinski definition) is 2. The van der Waals surface area contributed by atoms with Crippen molar-refractivity contribution in [3.05, 3.63) is 48.1 Å². The molecule has 1 aromatic carbocycles. The van der Waals surface area contributed by atoms with Crippen LogP contribution in [0.1, 0.15) is 160 Å². The number of hydrogen-bond acceptors (Lipinski definition) is 11. The number of carbonyl (C=O) groups is 1. The second kappa shape index (κ2) is 26.9. The molecule has 64 heavy (non-hydrogen) atoms. The molecule has 2 saturated heterocycles. The molecule has 1 saturated carbocycles. The van der Waals surface area contributed by atoms with Crippen molar-refractivity contribution in [2.24, 2.45) is 22.9 Å². The molecular weight excluding hydrogens is 811 g/mol. The first-order valence-electron chi connectivity index (χ1n) is 25.6. The summed E-state index contributed by atoms with van der Waals surface area (Å²) in [7, 11) is 0. The summed E-state index contributed by atoms with van der Waals surface area (Å²) in [5.41, 5.74) is 2.85. The van der Waals surface area contributed by atoms with Gasteiger partial charge in [0.15, 0.2) is 0 Å². The fourth-order valence-electron chi connectivity index (χ4n) is 10.7. The molecule has 12 nitrogen and oxygen atoms in total. The molecule has 6 rings (SSSR count). The zero-order chi connectivity index (χ0) is 45.0. The minimum absolute atomic E-state index is 0.118. The number of aliphatic hydroxyl groups excluding tert-OH is 2. The Morgan fingerprint density at radius 2 is 1.69 bits per heavy atom. The number of oxime groups is 1. The van der Waals surface area contributed by atoms with Crippen LogP contribution < -0.4 is 9.47 Å². The lowest BCUT2D eigenvalue weighted by Gasteiger charge is -2.60. The van der Waals surface area contributed by atoms with Crippen LogP contribution in [0.3, 0.4) is 0 Å². The second-order valence-corrected chi connectivity index (χ2v) is 18.9. The van der Waals surface area contributed by atoms with Crippen molar-refractivity contribution < 1.29 is 43.5 Å². The van der Waals surface area contributed by atoms with Crippen LogP contribution in [-0.2, 0) is 19.0 Å². The number of nitrogens with zero attached hydrogens (tertiary/aromatic N) is 3. The van der Waals surface area contributed by atoms with E-state index in [-0.39, 0.29) is 49.6 Å². The Balaban J connectivity index is 1.38. The number of rotatable bonds is 31. The minimum atomic E-state index is -1.32. The van der Waals surface area contributed by atoms with Crippen molar-refractivity contribution in [2.45, 2.75) is 173 Å². The monoisotopic (exact) mass is 894 g/mol. The van der Waals surface area contributed by atoms with Crippen molar-refractivity contribution in [1.29, 1.82) is 0 Å². The Bertz CT molecular complexity index is 1610. The Morgan fingerprint density at radius 3 is 2.38 bits per heavy atom. The van der Waals surface area contributed by atoms with Crippen molar-refractivity contribution in [3.8, 4) is 11.5 Å². The van der Waals surface area contributed by atoms with E-state index in [0.29, 0.717) is 45.6 Å². The number of allylic oxidation sites excluding steroid dienone is 1. The Labute approximate surface area is 385 Å². The highest BCUT2D eigenvalue weighted by Gasteiger charge is 2.65. The quantitative estimate of drug-likeness (QED) is 0.0321. The maximum Gasteiger partial charge on any atom is 0.410 e. The number of ether oxygens (including phenoxy) is 5. The van der Waals surface area contributed by atoms with Crippen LogP contribution in [-0.4, -0.2) is 116 Å². The Hall–Kier alpha value is -3.16. The molecular formula is C52H83N3O9. The van der Waals surface area contributed by atoms with Gasteiger partial charge in [-0.05, 0) is 87.0 Å². The highest BCUT2D eigenvalue weighted by molar-refractivity contribution is 6.03. The van der Waals surface area contributed by atoms with E-state index < -0.39 is 18.1 Å². The van der Waals surface area contributed by atoms with Gasteiger partial charge in [0.25, 0.3) is 0 Å². The molecule has 360 valence electrons. The molecule has 0 aromatic heterocycles. The Kier molecular flexibility index (Phi) is 21.1. The van der Waals surface area contributed by atoms with Crippen molar-refractivity contribution in [1.82, 2.24) is 9.80 Å². The Morgan fingerprint density at radius 1 is 0.938 bits per heavy atom. The first-order chi connectivity index (χ1) is 31.5. The molecule has 1 amide bonds. The van der Waals surface area contributed by atoms with Gasteiger partial charge in [0.05, 0.1) is 31.5 Å². The average molecular weight is 894 g/mol. The van der Waals surface area contributed by atoms with Gasteiger partial charge in [-0.15, -0.1) is 6.58 Å². The van der Waals surface area contributed by atoms with Crippen molar-refractivity contribution >= 4 is 11.8 Å². The fraction of sp³-hybridized carbons (Fsp3) is 0.769. The number of unbranched alkanes of at least 4 members (excludes halogenated alkanes) is 11. The van der Waals surface area contributed by atoms with Crippen molar-refractivity contribution in [2.75, 3.05) is 65.8 Å². The summed E-state index contributed by atoms with van der Waals surface area (Å²) in [5, 5.41) is 24.9. The number of benzene rings is 1. The zero-order valence-corrected chi connectivity index (χ0v) is 39.6. The molecule has 0 bridgehead atoms. The molecule has 12 heteroatoms. The van der Waals surface area contributed by atoms with Gasteiger partial charge in [-0.3, -0.25) is 9.80 Å². The van der Waals surface area contributed by atoms with Crippen LogP contribution >= 0.6 is 0 Å². The second-order valence-electron chi connectivity index (χ2n) is 18.9. The van der Waals surface area contributed by atoms with Crippen LogP contribution in [0, 0.1) is 17.8 Å². The average Bonchev–Trinajstić information content (AvgIpc) is 4.15. The summed E-state index contributed by atoms with van der Waals surface area (Å²) < 4.78 is 33.2. The van der Waals surface area contributed by atoms with Gasteiger partial charge in [-0.25, -0.2) is 4.79 Å². The molecule has 3 heterocycles. The van der Waals surface area contributed by atoms with Gasteiger partial charge >= 0.3 is 6.09 Å². The van der Waals surface area contributed by atoms with E-state index in [4.69, 9.17) is 33.7 Å². The number of amides is 1. The lowest BCUT2D eigenvalue weighted by Crippen LogP contribution is -2.70. The first-order valence-corrected chi connectivity index (χ1v) is 25.6. The van der Waals surface area contributed by atoms with Crippen molar-refractivity contribution in [3.63, 3.8) is 0 Å². The summed E-state index contributed by atoms with van der Waals surface area (Å²) >= 11 is 0. The smallest absolute Gasteiger partial charge is 0.410 e. The zero-order valence-electron chi connectivity index (χ0n) is 39.6. The largest absolute Gasteiger partial charge is 0.492 e. The van der Waals surface area contributed by atoms with Crippen LogP contribution in [0.4, 0.5) is 4.79 Å².